The average molecular weight is 435 g/mol. The summed E-state index contributed by atoms with van der Waals surface area (Å²) < 4.78 is 31.2. The van der Waals surface area contributed by atoms with Crippen molar-refractivity contribution < 1.29 is 22.7 Å². The fourth-order valence-corrected chi connectivity index (χ4v) is 4.07. The van der Waals surface area contributed by atoms with Crippen molar-refractivity contribution in [1.82, 2.24) is 5.32 Å². The molecule has 1 amide bonds. The largest absolute Gasteiger partial charge is 0.748 e. The Morgan fingerprint density at radius 3 is 1.59 bits per heavy atom. The van der Waals surface area contributed by atoms with E-state index < -0.39 is 27.3 Å². The Hall–Kier alpha value is -0.920. The molecule has 0 saturated heterocycles. The highest BCUT2D eigenvalue weighted by atomic mass is 32.2. The van der Waals surface area contributed by atoms with E-state index in [1.165, 1.54) is 91.3 Å². The molecule has 7 heteroatoms. The van der Waals surface area contributed by atoms with Crippen molar-refractivity contribution in [2.24, 2.45) is 0 Å². The topological polar surface area (TPSA) is 90.7 Å². The van der Waals surface area contributed by atoms with Gasteiger partial charge in [-0.15, -0.1) is 0 Å². The normalized spacial score (nSPS) is 11.7. The molecule has 0 aliphatic heterocycles. The van der Waals surface area contributed by atoms with E-state index in [0.717, 1.165) is 6.08 Å². The summed E-state index contributed by atoms with van der Waals surface area (Å²) in [4.78, 5) is 12.7. The first kappa shape index (κ1) is 30.3. The maximum Gasteiger partial charge on any atom is 0.243 e. The van der Waals surface area contributed by atoms with Crippen LogP contribution >= 0.6 is 0 Å². The molecule has 174 valence electrons. The van der Waals surface area contributed by atoms with Gasteiger partial charge in [0.25, 0.3) is 0 Å². The third-order valence-electron chi connectivity index (χ3n) is 4.59. The molecule has 2 N–H and O–H groups in total. The number of carbonyl (C=O) groups excluding carboxylic acids is 1. The minimum Gasteiger partial charge on any atom is -0.748 e. The van der Waals surface area contributed by atoms with Crippen molar-refractivity contribution >= 4 is 16.0 Å². The SMILES string of the molecule is C=CC(=O)NC(C)(C)CS(=O)(=O)[O-].CCCCC[NH+](CCCCC)CCCCC. The van der Waals surface area contributed by atoms with Gasteiger partial charge >= 0.3 is 0 Å². The summed E-state index contributed by atoms with van der Waals surface area (Å²) in [5.41, 5.74) is -1.06. The molecule has 0 heterocycles. The van der Waals surface area contributed by atoms with Crippen molar-refractivity contribution in [3.05, 3.63) is 12.7 Å². The van der Waals surface area contributed by atoms with E-state index in [4.69, 9.17) is 0 Å². The lowest BCUT2D eigenvalue weighted by Crippen LogP contribution is -3.12. The maximum absolute atomic E-state index is 10.8. The number of hydrogen-bond donors (Lipinski definition) is 2. The van der Waals surface area contributed by atoms with Gasteiger partial charge in [-0.3, -0.25) is 4.79 Å². The Balaban J connectivity index is 0. The fourth-order valence-electron chi connectivity index (χ4n) is 3.11. The van der Waals surface area contributed by atoms with Gasteiger partial charge in [0, 0.05) is 5.54 Å². The van der Waals surface area contributed by atoms with Crippen LogP contribution in [0.25, 0.3) is 0 Å². The van der Waals surface area contributed by atoms with Gasteiger partial charge < -0.3 is 14.8 Å². The average Bonchev–Trinajstić information content (AvgIpc) is 2.59. The number of hydrogen-bond acceptors (Lipinski definition) is 4. The summed E-state index contributed by atoms with van der Waals surface area (Å²) in [6, 6.07) is 0. The molecule has 0 aromatic heterocycles. The lowest BCUT2D eigenvalue weighted by molar-refractivity contribution is -0.900. The van der Waals surface area contributed by atoms with Crippen LogP contribution in [0.2, 0.25) is 0 Å². The molecule has 0 aliphatic rings. The number of unbranched alkanes of at least 4 members (excludes halogenated alkanes) is 6. The molecule has 6 nitrogen and oxygen atoms in total. The number of quaternary nitrogens is 1. The highest BCUT2D eigenvalue weighted by Crippen LogP contribution is 2.05. The highest BCUT2D eigenvalue weighted by Gasteiger charge is 2.22. The van der Waals surface area contributed by atoms with E-state index in [0.29, 0.717) is 0 Å². The minimum atomic E-state index is -4.33. The first-order chi connectivity index (χ1) is 13.5. The van der Waals surface area contributed by atoms with Gasteiger partial charge in [-0.05, 0) is 58.4 Å². The van der Waals surface area contributed by atoms with E-state index in [1.807, 2.05) is 4.90 Å². The number of amides is 1. The molecular formula is C22H46N2O4S. The molecule has 29 heavy (non-hydrogen) atoms. The fraction of sp³-hybridized carbons (Fsp3) is 0.864. The third-order valence-corrected chi connectivity index (χ3v) is 5.66. The predicted molar refractivity (Wildman–Crippen MR) is 121 cm³/mol. The first-order valence-electron chi connectivity index (χ1n) is 11.2. The van der Waals surface area contributed by atoms with E-state index in [1.54, 1.807) is 0 Å². The van der Waals surface area contributed by atoms with Gasteiger partial charge in [-0.25, -0.2) is 8.42 Å². The summed E-state index contributed by atoms with van der Waals surface area (Å²) in [5, 5.41) is 2.33. The zero-order chi connectivity index (χ0) is 22.8. The van der Waals surface area contributed by atoms with Crippen molar-refractivity contribution in [1.29, 1.82) is 0 Å². The quantitative estimate of drug-likeness (QED) is 0.222. The number of nitrogens with one attached hydrogen (secondary N) is 2. The Morgan fingerprint density at radius 2 is 1.31 bits per heavy atom. The van der Waals surface area contributed by atoms with Crippen molar-refractivity contribution in [3.63, 3.8) is 0 Å². The predicted octanol–water partition coefficient (Wildman–Crippen LogP) is 3.05. The lowest BCUT2D eigenvalue weighted by Gasteiger charge is -2.26. The van der Waals surface area contributed by atoms with Crippen LogP contribution < -0.4 is 10.2 Å². The van der Waals surface area contributed by atoms with E-state index in [-0.39, 0.29) is 0 Å². The standard InChI is InChI=1S/C15H33N.C7H13NO4S/c1-4-7-10-13-16(14-11-8-5-2)15-12-9-6-3;1-4-6(9)8-7(2,3)5-13(10,11)12/h4-15H2,1-3H3;4H,1,5H2,2-3H3,(H,8,9)(H,10,11,12). The molecule has 0 spiro atoms. The first-order valence-corrected chi connectivity index (χ1v) is 12.8. The van der Waals surface area contributed by atoms with Crippen LogP contribution in [0.4, 0.5) is 0 Å². The van der Waals surface area contributed by atoms with Gasteiger partial charge in [-0.1, -0.05) is 46.6 Å². The van der Waals surface area contributed by atoms with Crippen LogP contribution in [-0.2, 0) is 14.9 Å². The van der Waals surface area contributed by atoms with Crippen LogP contribution in [0.3, 0.4) is 0 Å². The zero-order valence-corrected chi connectivity index (χ0v) is 20.3. The van der Waals surface area contributed by atoms with Gasteiger partial charge in [0.2, 0.25) is 5.91 Å². The van der Waals surface area contributed by atoms with Gasteiger partial charge in [0.05, 0.1) is 35.5 Å². The molecule has 0 fully saturated rings. The lowest BCUT2D eigenvalue weighted by atomic mass is 10.1. The second kappa shape index (κ2) is 17.9. The third kappa shape index (κ3) is 23.2. The van der Waals surface area contributed by atoms with Crippen molar-refractivity contribution in [2.75, 3.05) is 25.4 Å². The van der Waals surface area contributed by atoms with Crippen LogP contribution in [0, 0.1) is 0 Å². The van der Waals surface area contributed by atoms with Gasteiger partial charge in [0.15, 0.2) is 0 Å². The summed E-state index contributed by atoms with van der Waals surface area (Å²) in [6.45, 7) is 17.3. The summed E-state index contributed by atoms with van der Waals surface area (Å²) in [5.74, 6) is -1.15. The molecule has 0 aromatic carbocycles. The summed E-state index contributed by atoms with van der Waals surface area (Å²) >= 11 is 0. The molecule has 0 saturated carbocycles. The Morgan fingerprint density at radius 1 is 0.931 bits per heavy atom. The Kier molecular flexibility index (Phi) is 18.7. The van der Waals surface area contributed by atoms with E-state index in [2.05, 4.69) is 32.7 Å². The molecule has 0 radical (unpaired) electrons. The maximum atomic E-state index is 10.8. The molecular weight excluding hydrogens is 388 g/mol. The monoisotopic (exact) mass is 434 g/mol. The highest BCUT2D eigenvalue weighted by molar-refractivity contribution is 7.85. The van der Waals surface area contributed by atoms with Crippen LogP contribution in [0.5, 0.6) is 0 Å². The Bertz CT molecular complexity index is 495. The number of carbonyl (C=O) groups is 1. The smallest absolute Gasteiger partial charge is 0.243 e. The number of rotatable bonds is 16. The molecule has 0 atom stereocenters. The summed E-state index contributed by atoms with van der Waals surface area (Å²) in [6.07, 6.45) is 13.7. The zero-order valence-electron chi connectivity index (χ0n) is 19.5. The second-order valence-electron chi connectivity index (χ2n) is 8.40. The molecule has 0 aromatic rings. The van der Waals surface area contributed by atoms with Gasteiger partial charge in [0.1, 0.15) is 0 Å². The van der Waals surface area contributed by atoms with Crippen LogP contribution in [-0.4, -0.2) is 49.8 Å². The minimum absolute atomic E-state index is 0.506. The van der Waals surface area contributed by atoms with E-state index in [9.17, 15) is 17.8 Å². The summed E-state index contributed by atoms with van der Waals surface area (Å²) in [7, 11) is -4.33. The van der Waals surface area contributed by atoms with Crippen LogP contribution in [0.1, 0.15) is 92.4 Å². The second-order valence-corrected chi connectivity index (χ2v) is 9.80. The van der Waals surface area contributed by atoms with Gasteiger partial charge in [-0.2, -0.15) is 0 Å². The van der Waals surface area contributed by atoms with Crippen molar-refractivity contribution in [2.45, 2.75) is 97.9 Å². The Labute approximate surface area is 180 Å². The molecule has 0 aliphatic carbocycles. The molecule has 0 rings (SSSR count). The van der Waals surface area contributed by atoms with E-state index >= 15 is 0 Å². The molecule has 0 unspecified atom stereocenters. The van der Waals surface area contributed by atoms with Crippen LogP contribution in [0.15, 0.2) is 12.7 Å². The molecule has 0 bridgehead atoms. The van der Waals surface area contributed by atoms with Crippen molar-refractivity contribution in [3.8, 4) is 0 Å².